The Morgan fingerprint density at radius 1 is 1.19 bits per heavy atom. The van der Waals surface area contributed by atoms with Crippen molar-refractivity contribution in [2.45, 2.75) is 26.7 Å². The van der Waals surface area contributed by atoms with Crippen LogP contribution in [0.4, 0.5) is 5.69 Å². The van der Waals surface area contributed by atoms with Gasteiger partial charge in [-0.15, -0.1) is 0 Å². The Kier molecular flexibility index (Phi) is 4.12. The van der Waals surface area contributed by atoms with Crippen LogP contribution in [0.3, 0.4) is 0 Å². The summed E-state index contributed by atoms with van der Waals surface area (Å²) in [5.74, 6) is 0.267. The molecule has 0 fully saturated rings. The largest absolute Gasteiger partial charge is 0.478 e. The molecule has 5 heteroatoms. The predicted octanol–water partition coefficient (Wildman–Crippen LogP) is 3.66. The van der Waals surface area contributed by atoms with E-state index >= 15 is 0 Å². The van der Waals surface area contributed by atoms with Crippen LogP contribution in [0.15, 0.2) is 34.7 Å². The van der Waals surface area contributed by atoms with Gasteiger partial charge in [-0.05, 0) is 37.3 Å². The van der Waals surface area contributed by atoms with Gasteiger partial charge in [0.25, 0.3) is 5.91 Å². The molecule has 2 aromatic rings. The average molecular weight is 287 g/mol. The van der Waals surface area contributed by atoms with E-state index in [1.54, 1.807) is 25.1 Å². The Labute approximate surface area is 122 Å². The van der Waals surface area contributed by atoms with E-state index in [9.17, 15) is 9.59 Å². The lowest BCUT2D eigenvalue weighted by atomic mass is 10.1. The van der Waals surface area contributed by atoms with Gasteiger partial charge in [0, 0.05) is 11.6 Å². The number of amides is 1. The van der Waals surface area contributed by atoms with Crippen LogP contribution < -0.4 is 5.32 Å². The van der Waals surface area contributed by atoms with E-state index in [2.05, 4.69) is 5.32 Å². The smallest absolute Gasteiger partial charge is 0.335 e. The lowest BCUT2D eigenvalue weighted by Crippen LogP contribution is -2.12. The SMILES string of the molecule is Cc1oc(C(C)C)cc1C(=O)Nc1ccc(C(=O)O)cc1. The fourth-order valence-corrected chi connectivity index (χ4v) is 1.91. The second-order valence-corrected chi connectivity index (χ2v) is 5.11. The van der Waals surface area contributed by atoms with Crippen molar-refractivity contribution >= 4 is 17.6 Å². The minimum Gasteiger partial charge on any atom is -0.478 e. The van der Waals surface area contributed by atoms with Gasteiger partial charge in [0.15, 0.2) is 0 Å². The second kappa shape index (κ2) is 5.83. The number of carboxylic acids is 1. The summed E-state index contributed by atoms with van der Waals surface area (Å²) in [7, 11) is 0. The van der Waals surface area contributed by atoms with Gasteiger partial charge in [-0.25, -0.2) is 4.79 Å². The van der Waals surface area contributed by atoms with E-state index < -0.39 is 5.97 Å². The third-order valence-electron chi connectivity index (χ3n) is 3.14. The van der Waals surface area contributed by atoms with Crippen LogP contribution in [0, 0.1) is 6.92 Å². The summed E-state index contributed by atoms with van der Waals surface area (Å²) in [6.45, 7) is 5.73. The minimum atomic E-state index is -1.000. The molecule has 1 aromatic heterocycles. The quantitative estimate of drug-likeness (QED) is 0.899. The number of rotatable bonds is 4. The number of carbonyl (C=O) groups is 2. The van der Waals surface area contributed by atoms with Gasteiger partial charge in [0.2, 0.25) is 0 Å². The number of aromatic carboxylic acids is 1. The average Bonchev–Trinajstić information content (AvgIpc) is 2.81. The number of anilines is 1. The molecule has 5 nitrogen and oxygen atoms in total. The molecule has 0 aliphatic heterocycles. The number of aryl methyl sites for hydroxylation is 1. The maximum absolute atomic E-state index is 12.2. The fraction of sp³-hybridized carbons (Fsp3) is 0.250. The maximum Gasteiger partial charge on any atom is 0.335 e. The van der Waals surface area contributed by atoms with Gasteiger partial charge in [0.1, 0.15) is 11.5 Å². The maximum atomic E-state index is 12.2. The van der Waals surface area contributed by atoms with Crippen molar-refractivity contribution in [1.29, 1.82) is 0 Å². The number of nitrogens with one attached hydrogen (secondary N) is 1. The van der Waals surface area contributed by atoms with Crippen molar-refractivity contribution in [2.24, 2.45) is 0 Å². The van der Waals surface area contributed by atoms with Crippen molar-refractivity contribution < 1.29 is 19.1 Å². The molecule has 0 radical (unpaired) electrons. The van der Waals surface area contributed by atoms with E-state index in [0.29, 0.717) is 17.0 Å². The zero-order valence-corrected chi connectivity index (χ0v) is 12.1. The van der Waals surface area contributed by atoms with Gasteiger partial charge >= 0.3 is 5.97 Å². The molecule has 1 aromatic carbocycles. The zero-order chi connectivity index (χ0) is 15.6. The summed E-state index contributed by atoms with van der Waals surface area (Å²) < 4.78 is 5.55. The first kappa shape index (κ1) is 14.8. The molecular weight excluding hydrogens is 270 g/mol. The first-order valence-corrected chi connectivity index (χ1v) is 6.63. The monoisotopic (exact) mass is 287 g/mol. The number of hydrogen-bond acceptors (Lipinski definition) is 3. The highest BCUT2D eigenvalue weighted by Gasteiger charge is 2.16. The molecule has 0 unspecified atom stereocenters. The Morgan fingerprint density at radius 3 is 2.29 bits per heavy atom. The lowest BCUT2D eigenvalue weighted by Gasteiger charge is -2.04. The van der Waals surface area contributed by atoms with Crippen molar-refractivity contribution in [3.05, 3.63) is 53.0 Å². The van der Waals surface area contributed by atoms with Crippen molar-refractivity contribution in [3.8, 4) is 0 Å². The van der Waals surface area contributed by atoms with Crippen LogP contribution in [0.25, 0.3) is 0 Å². The van der Waals surface area contributed by atoms with Crippen LogP contribution >= 0.6 is 0 Å². The molecule has 1 heterocycles. The van der Waals surface area contributed by atoms with E-state index in [1.165, 1.54) is 12.1 Å². The van der Waals surface area contributed by atoms with Crippen LogP contribution in [-0.2, 0) is 0 Å². The van der Waals surface area contributed by atoms with Gasteiger partial charge < -0.3 is 14.8 Å². The van der Waals surface area contributed by atoms with Crippen LogP contribution in [0.5, 0.6) is 0 Å². The van der Waals surface area contributed by atoms with Crippen LogP contribution in [-0.4, -0.2) is 17.0 Å². The first-order chi connectivity index (χ1) is 9.88. The lowest BCUT2D eigenvalue weighted by molar-refractivity contribution is 0.0696. The molecule has 0 aliphatic rings. The van der Waals surface area contributed by atoms with Crippen molar-refractivity contribution in [3.63, 3.8) is 0 Å². The summed E-state index contributed by atoms with van der Waals surface area (Å²) >= 11 is 0. The van der Waals surface area contributed by atoms with Crippen LogP contribution in [0.2, 0.25) is 0 Å². The second-order valence-electron chi connectivity index (χ2n) is 5.11. The number of carbonyl (C=O) groups excluding carboxylic acids is 1. The molecule has 0 bridgehead atoms. The fourth-order valence-electron chi connectivity index (χ4n) is 1.91. The summed E-state index contributed by atoms with van der Waals surface area (Å²) in [5, 5.41) is 11.6. The Hall–Kier alpha value is -2.56. The molecule has 0 spiro atoms. The molecule has 110 valence electrons. The number of carboxylic acid groups (broad SMARTS) is 1. The summed E-state index contributed by atoms with van der Waals surface area (Å²) in [6, 6.07) is 7.74. The standard InChI is InChI=1S/C16H17NO4/c1-9(2)14-8-13(10(3)21-14)15(18)17-12-6-4-11(5-7-12)16(19)20/h4-9H,1-3H3,(H,17,18)(H,19,20). The van der Waals surface area contributed by atoms with E-state index in [0.717, 1.165) is 5.76 Å². The van der Waals surface area contributed by atoms with E-state index in [1.807, 2.05) is 13.8 Å². The number of benzene rings is 1. The highest BCUT2D eigenvalue weighted by atomic mass is 16.4. The Balaban J connectivity index is 2.16. The van der Waals surface area contributed by atoms with Crippen molar-refractivity contribution in [2.75, 3.05) is 5.32 Å². The molecule has 2 N–H and O–H groups in total. The molecule has 21 heavy (non-hydrogen) atoms. The topological polar surface area (TPSA) is 79.5 Å². The Bertz CT molecular complexity index is 668. The number of furan rings is 1. The molecule has 1 amide bonds. The highest BCUT2D eigenvalue weighted by molar-refractivity contribution is 6.05. The van der Waals surface area contributed by atoms with Gasteiger partial charge in [-0.3, -0.25) is 4.79 Å². The first-order valence-electron chi connectivity index (χ1n) is 6.63. The molecule has 0 saturated carbocycles. The highest BCUT2D eigenvalue weighted by Crippen LogP contribution is 2.22. The molecule has 2 rings (SSSR count). The molecule has 0 saturated heterocycles. The normalized spacial score (nSPS) is 10.7. The summed E-state index contributed by atoms with van der Waals surface area (Å²) in [6.07, 6.45) is 0. The predicted molar refractivity (Wildman–Crippen MR) is 78.9 cm³/mol. The van der Waals surface area contributed by atoms with Gasteiger partial charge in [0.05, 0.1) is 11.1 Å². The van der Waals surface area contributed by atoms with E-state index in [4.69, 9.17) is 9.52 Å². The van der Waals surface area contributed by atoms with E-state index in [-0.39, 0.29) is 17.4 Å². The van der Waals surface area contributed by atoms with Gasteiger partial charge in [-0.1, -0.05) is 13.8 Å². The van der Waals surface area contributed by atoms with Crippen molar-refractivity contribution in [1.82, 2.24) is 0 Å². The zero-order valence-electron chi connectivity index (χ0n) is 12.1. The Morgan fingerprint density at radius 2 is 1.81 bits per heavy atom. The third-order valence-corrected chi connectivity index (χ3v) is 3.14. The molecule has 0 atom stereocenters. The summed E-state index contributed by atoms with van der Waals surface area (Å²) in [4.78, 5) is 23.0. The molecular formula is C16H17NO4. The molecule has 0 aliphatic carbocycles. The summed E-state index contributed by atoms with van der Waals surface area (Å²) in [5.41, 5.74) is 1.20. The van der Waals surface area contributed by atoms with Gasteiger partial charge in [-0.2, -0.15) is 0 Å². The van der Waals surface area contributed by atoms with Crippen LogP contribution in [0.1, 0.15) is 52.0 Å². The minimum absolute atomic E-state index is 0.176. The third kappa shape index (κ3) is 3.31. The number of hydrogen-bond donors (Lipinski definition) is 2.